The molecular formula is C20H29N3O2. The van der Waals surface area contributed by atoms with E-state index in [1.54, 1.807) is 6.92 Å². The number of nitriles is 1. The molecule has 0 radical (unpaired) electrons. The number of rotatable bonds is 7. The molecule has 1 N–H and O–H groups in total. The molecule has 25 heavy (non-hydrogen) atoms. The largest absolute Gasteiger partial charge is 0.337 e. The molecule has 1 fully saturated rings. The van der Waals surface area contributed by atoms with E-state index in [1.807, 2.05) is 13.0 Å². The summed E-state index contributed by atoms with van der Waals surface area (Å²) in [5.41, 5.74) is 2.17. The van der Waals surface area contributed by atoms with Crippen molar-refractivity contribution in [2.75, 3.05) is 0 Å². The maximum absolute atomic E-state index is 12.9. The van der Waals surface area contributed by atoms with Gasteiger partial charge in [0.25, 0.3) is 5.56 Å². The lowest BCUT2D eigenvalue weighted by molar-refractivity contribution is -0.134. The Bertz CT molecular complexity index is 741. The van der Waals surface area contributed by atoms with E-state index in [9.17, 15) is 14.9 Å². The standard InChI is InChI=1S/C20H29N3O2/c1-6-12(2)15(5)23(16-7-8-16)19(24)10-9-17-13(3)18(11-21)20(25)22-14(17)4/h12,15-16H,6-10H2,1-5H3,(H,22,25)/t12-,15-/m0/s1. The Balaban J connectivity index is 2.16. The van der Waals surface area contributed by atoms with Gasteiger partial charge >= 0.3 is 0 Å². The van der Waals surface area contributed by atoms with Gasteiger partial charge in [-0.2, -0.15) is 5.26 Å². The van der Waals surface area contributed by atoms with Crippen molar-refractivity contribution in [3.8, 4) is 6.07 Å². The molecule has 0 unspecified atom stereocenters. The van der Waals surface area contributed by atoms with Crippen molar-refractivity contribution in [3.05, 3.63) is 32.7 Å². The van der Waals surface area contributed by atoms with Gasteiger partial charge in [0.15, 0.2) is 0 Å². The summed E-state index contributed by atoms with van der Waals surface area (Å²) in [5, 5.41) is 9.18. The molecule has 1 amide bonds. The van der Waals surface area contributed by atoms with E-state index >= 15 is 0 Å². The number of amides is 1. The molecule has 2 rings (SSSR count). The van der Waals surface area contributed by atoms with Crippen LogP contribution >= 0.6 is 0 Å². The van der Waals surface area contributed by atoms with Gasteiger partial charge in [0.2, 0.25) is 5.91 Å². The summed E-state index contributed by atoms with van der Waals surface area (Å²) in [5.74, 6) is 0.658. The summed E-state index contributed by atoms with van der Waals surface area (Å²) >= 11 is 0. The number of hydrogen-bond donors (Lipinski definition) is 1. The number of pyridine rings is 1. The first kappa shape index (κ1) is 19.2. The van der Waals surface area contributed by atoms with Gasteiger partial charge in [-0.3, -0.25) is 9.59 Å². The number of aromatic nitrogens is 1. The third kappa shape index (κ3) is 4.12. The fraction of sp³-hybridized carbons (Fsp3) is 0.650. The van der Waals surface area contributed by atoms with Crippen LogP contribution in [-0.2, 0) is 11.2 Å². The molecule has 1 aromatic heterocycles. The minimum atomic E-state index is -0.349. The van der Waals surface area contributed by atoms with Gasteiger partial charge in [-0.05, 0) is 57.1 Å². The van der Waals surface area contributed by atoms with Crippen molar-refractivity contribution >= 4 is 5.91 Å². The highest BCUT2D eigenvalue weighted by Gasteiger charge is 2.36. The molecule has 1 aromatic rings. The molecule has 1 aliphatic rings. The summed E-state index contributed by atoms with van der Waals surface area (Å²) in [7, 11) is 0. The van der Waals surface area contributed by atoms with E-state index in [0.29, 0.717) is 30.4 Å². The fourth-order valence-corrected chi connectivity index (χ4v) is 3.51. The van der Waals surface area contributed by atoms with E-state index in [1.165, 1.54) is 0 Å². The van der Waals surface area contributed by atoms with Gasteiger partial charge in [0, 0.05) is 24.2 Å². The van der Waals surface area contributed by atoms with Crippen LogP contribution in [0.15, 0.2) is 4.79 Å². The maximum Gasteiger partial charge on any atom is 0.266 e. The van der Waals surface area contributed by atoms with Crippen molar-refractivity contribution in [2.45, 2.75) is 78.8 Å². The van der Waals surface area contributed by atoms with Crippen LogP contribution in [0.1, 0.15) is 68.8 Å². The highest BCUT2D eigenvalue weighted by molar-refractivity contribution is 5.77. The molecule has 0 bridgehead atoms. The van der Waals surface area contributed by atoms with Crippen LogP contribution in [-0.4, -0.2) is 27.9 Å². The van der Waals surface area contributed by atoms with Crippen LogP contribution < -0.4 is 5.56 Å². The lowest BCUT2D eigenvalue weighted by Gasteiger charge is -2.33. The van der Waals surface area contributed by atoms with E-state index < -0.39 is 0 Å². The first-order valence-electron chi connectivity index (χ1n) is 9.25. The quantitative estimate of drug-likeness (QED) is 0.826. The second kappa shape index (κ2) is 7.86. The van der Waals surface area contributed by atoms with Crippen molar-refractivity contribution in [3.63, 3.8) is 0 Å². The molecule has 0 saturated heterocycles. The van der Waals surface area contributed by atoms with E-state index in [4.69, 9.17) is 0 Å². The predicted octanol–water partition coefficient (Wildman–Crippen LogP) is 3.22. The molecule has 5 heteroatoms. The minimum Gasteiger partial charge on any atom is -0.337 e. The number of aromatic amines is 1. The number of hydrogen-bond acceptors (Lipinski definition) is 3. The van der Waals surface area contributed by atoms with Gasteiger partial charge in [0.05, 0.1) is 0 Å². The summed E-state index contributed by atoms with van der Waals surface area (Å²) in [4.78, 5) is 29.5. The minimum absolute atomic E-state index is 0.153. The summed E-state index contributed by atoms with van der Waals surface area (Å²) < 4.78 is 0. The second-order valence-electron chi connectivity index (χ2n) is 7.33. The zero-order chi connectivity index (χ0) is 18.7. The maximum atomic E-state index is 12.9. The lowest BCUT2D eigenvalue weighted by Crippen LogP contribution is -2.43. The van der Waals surface area contributed by atoms with Crippen molar-refractivity contribution in [2.24, 2.45) is 5.92 Å². The molecular weight excluding hydrogens is 314 g/mol. The Kier molecular flexibility index (Phi) is 6.05. The highest BCUT2D eigenvalue weighted by atomic mass is 16.2. The zero-order valence-electron chi connectivity index (χ0n) is 16.0. The van der Waals surface area contributed by atoms with Crippen LogP contribution in [0.5, 0.6) is 0 Å². The zero-order valence-corrected chi connectivity index (χ0v) is 16.0. The number of nitrogens with one attached hydrogen (secondary N) is 1. The number of carbonyl (C=O) groups is 1. The van der Waals surface area contributed by atoms with Crippen LogP contribution in [0.3, 0.4) is 0 Å². The third-order valence-corrected chi connectivity index (χ3v) is 5.64. The average Bonchev–Trinajstić information content (AvgIpc) is 3.38. The van der Waals surface area contributed by atoms with Gasteiger partial charge in [-0.1, -0.05) is 20.3 Å². The number of carbonyl (C=O) groups excluding carboxylic acids is 1. The van der Waals surface area contributed by atoms with Crippen molar-refractivity contribution < 1.29 is 4.79 Å². The molecule has 0 aromatic carbocycles. The molecule has 1 saturated carbocycles. The normalized spacial score (nSPS) is 16.2. The van der Waals surface area contributed by atoms with Crippen molar-refractivity contribution in [1.29, 1.82) is 5.26 Å². The van der Waals surface area contributed by atoms with Crippen molar-refractivity contribution in [1.82, 2.24) is 9.88 Å². The molecule has 2 atom stereocenters. The average molecular weight is 343 g/mol. The predicted molar refractivity (Wildman–Crippen MR) is 98.4 cm³/mol. The Morgan fingerprint density at radius 1 is 1.36 bits per heavy atom. The molecule has 1 heterocycles. The van der Waals surface area contributed by atoms with Gasteiger partial charge in [-0.25, -0.2) is 0 Å². The van der Waals surface area contributed by atoms with E-state index in [-0.39, 0.29) is 23.1 Å². The number of nitrogens with zero attached hydrogens (tertiary/aromatic N) is 2. The Labute approximate surface area is 150 Å². The smallest absolute Gasteiger partial charge is 0.266 e. The summed E-state index contributed by atoms with van der Waals surface area (Å²) in [6.45, 7) is 10.1. The molecule has 5 nitrogen and oxygen atoms in total. The monoisotopic (exact) mass is 343 g/mol. The van der Waals surface area contributed by atoms with E-state index in [2.05, 4.69) is 30.7 Å². The van der Waals surface area contributed by atoms with Crippen LogP contribution in [0, 0.1) is 31.1 Å². The number of aryl methyl sites for hydroxylation is 1. The Morgan fingerprint density at radius 2 is 2.00 bits per heavy atom. The van der Waals surface area contributed by atoms with Gasteiger partial charge < -0.3 is 9.88 Å². The number of H-pyrrole nitrogens is 1. The van der Waals surface area contributed by atoms with Crippen LogP contribution in [0.25, 0.3) is 0 Å². The first-order valence-corrected chi connectivity index (χ1v) is 9.25. The SMILES string of the molecule is CC[C@H](C)[C@H](C)N(C(=O)CCc1c(C)[nH]c(=O)c(C#N)c1C)C1CC1. The van der Waals surface area contributed by atoms with E-state index in [0.717, 1.165) is 30.5 Å². The first-order chi connectivity index (χ1) is 11.8. The summed E-state index contributed by atoms with van der Waals surface area (Å²) in [6.07, 6.45) is 4.22. The molecule has 0 aliphatic heterocycles. The third-order valence-electron chi connectivity index (χ3n) is 5.64. The Morgan fingerprint density at radius 3 is 2.52 bits per heavy atom. The second-order valence-corrected chi connectivity index (χ2v) is 7.33. The summed E-state index contributed by atoms with van der Waals surface area (Å²) in [6, 6.07) is 2.61. The van der Waals surface area contributed by atoms with Gasteiger partial charge in [-0.15, -0.1) is 0 Å². The van der Waals surface area contributed by atoms with Gasteiger partial charge in [0.1, 0.15) is 11.6 Å². The highest BCUT2D eigenvalue weighted by Crippen LogP contribution is 2.32. The molecule has 1 aliphatic carbocycles. The van der Waals surface area contributed by atoms with Crippen LogP contribution in [0.2, 0.25) is 0 Å². The molecule has 0 spiro atoms. The topological polar surface area (TPSA) is 77.0 Å². The lowest BCUT2D eigenvalue weighted by atomic mass is 9.96. The Hall–Kier alpha value is -2.09. The fourth-order valence-electron chi connectivity index (χ4n) is 3.51. The molecule has 136 valence electrons. The van der Waals surface area contributed by atoms with Crippen LogP contribution in [0.4, 0.5) is 0 Å².